The van der Waals surface area contributed by atoms with E-state index in [-0.39, 0.29) is 5.82 Å². The van der Waals surface area contributed by atoms with E-state index in [0.717, 1.165) is 5.69 Å². The number of ether oxygens (including phenoxy) is 1. The van der Waals surface area contributed by atoms with Crippen LogP contribution in [0, 0.1) is 12.7 Å². The molecule has 0 radical (unpaired) electrons. The Hall–Kier alpha value is -1.25. The minimum atomic E-state index is -0.245. The number of aryl methyl sites for hydroxylation is 1. The zero-order chi connectivity index (χ0) is 9.14. The quantitative estimate of drug-likeness (QED) is 0.732. The zero-order valence-electron chi connectivity index (χ0n) is 7.44. The number of halogens is 1. The Morgan fingerprint density at radius 2 is 2.08 bits per heavy atom. The second kappa shape index (κ2) is 3.43. The van der Waals surface area contributed by atoms with Gasteiger partial charge in [0, 0.05) is 13.1 Å². The molecule has 0 aliphatic heterocycles. The van der Waals surface area contributed by atoms with Gasteiger partial charge in [0.15, 0.2) is 0 Å². The second-order valence-corrected chi connectivity index (χ2v) is 2.55. The van der Waals surface area contributed by atoms with Crippen LogP contribution in [0.5, 0.6) is 5.75 Å². The van der Waals surface area contributed by atoms with E-state index < -0.39 is 0 Å². The summed E-state index contributed by atoms with van der Waals surface area (Å²) in [6.45, 7) is 1.72. The van der Waals surface area contributed by atoms with Crippen LogP contribution in [0.25, 0.3) is 0 Å². The molecule has 1 rings (SSSR count). The average Bonchev–Trinajstić information content (AvgIpc) is 2.09. The Balaban J connectivity index is 3.19. The first-order valence-corrected chi connectivity index (χ1v) is 3.71. The fourth-order valence-electron chi connectivity index (χ4n) is 1.03. The Kier molecular flexibility index (Phi) is 2.53. The molecule has 0 unspecified atom stereocenters. The van der Waals surface area contributed by atoms with Crippen molar-refractivity contribution < 1.29 is 9.13 Å². The summed E-state index contributed by atoms with van der Waals surface area (Å²) >= 11 is 0. The summed E-state index contributed by atoms with van der Waals surface area (Å²) in [5, 5.41) is 2.92. The molecule has 12 heavy (non-hydrogen) atoms. The van der Waals surface area contributed by atoms with Crippen LogP contribution < -0.4 is 10.1 Å². The molecule has 0 fully saturated rings. The molecule has 0 saturated heterocycles. The molecule has 1 aromatic rings. The van der Waals surface area contributed by atoms with Crippen LogP contribution in [0.4, 0.5) is 10.1 Å². The summed E-state index contributed by atoms with van der Waals surface area (Å²) in [6.07, 6.45) is 0. The zero-order valence-corrected chi connectivity index (χ0v) is 7.44. The molecular weight excluding hydrogens is 157 g/mol. The van der Waals surface area contributed by atoms with Gasteiger partial charge >= 0.3 is 0 Å². The van der Waals surface area contributed by atoms with Gasteiger partial charge < -0.3 is 10.1 Å². The first-order valence-electron chi connectivity index (χ1n) is 3.71. The smallest absolute Gasteiger partial charge is 0.144 e. The number of methoxy groups -OCH3 is 1. The van der Waals surface area contributed by atoms with E-state index in [4.69, 9.17) is 4.74 Å². The van der Waals surface area contributed by atoms with Crippen LogP contribution in [-0.4, -0.2) is 14.2 Å². The molecule has 3 heteroatoms. The number of hydrogen-bond donors (Lipinski definition) is 1. The second-order valence-electron chi connectivity index (χ2n) is 2.55. The molecule has 0 saturated carbocycles. The predicted molar refractivity (Wildman–Crippen MR) is 47.2 cm³/mol. The Morgan fingerprint density at radius 3 is 2.58 bits per heavy atom. The summed E-state index contributed by atoms with van der Waals surface area (Å²) in [7, 11) is 3.29. The molecule has 1 aromatic carbocycles. The first-order chi connectivity index (χ1) is 5.69. The highest BCUT2D eigenvalue weighted by molar-refractivity contribution is 5.57. The van der Waals surface area contributed by atoms with Gasteiger partial charge in [0.1, 0.15) is 11.6 Å². The Morgan fingerprint density at radius 1 is 1.42 bits per heavy atom. The lowest BCUT2D eigenvalue weighted by atomic mass is 10.2. The molecule has 2 nitrogen and oxygen atoms in total. The highest BCUT2D eigenvalue weighted by atomic mass is 19.1. The van der Waals surface area contributed by atoms with E-state index >= 15 is 0 Å². The largest absolute Gasteiger partial charge is 0.494 e. The molecule has 0 atom stereocenters. The third-order valence-corrected chi connectivity index (χ3v) is 1.75. The SMILES string of the molecule is CNc1cc(C)c(F)cc1OC. The van der Waals surface area contributed by atoms with Crippen molar-refractivity contribution in [2.24, 2.45) is 0 Å². The minimum absolute atomic E-state index is 0.245. The van der Waals surface area contributed by atoms with Gasteiger partial charge in [0.25, 0.3) is 0 Å². The summed E-state index contributed by atoms with van der Waals surface area (Å²) in [5.74, 6) is 0.284. The van der Waals surface area contributed by atoms with Crippen molar-refractivity contribution in [3.05, 3.63) is 23.5 Å². The van der Waals surface area contributed by atoms with Crippen molar-refractivity contribution in [3.8, 4) is 5.75 Å². The highest BCUT2D eigenvalue weighted by Crippen LogP contribution is 2.26. The lowest BCUT2D eigenvalue weighted by Crippen LogP contribution is -1.96. The van der Waals surface area contributed by atoms with Crippen LogP contribution in [0.1, 0.15) is 5.56 Å². The van der Waals surface area contributed by atoms with Gasteiger partial charge in [-0.1, -0.05) is 0 Å². The van der Waals surface area contributed by atoms with Crippen LogP contribution in [0.3, 0.4) is 0 Å². The van der Waals surface area contributed by atoms with Gasteiger partial charge in [0.2, 0.25) is 0 Å². The monoisotopic (exact) mass is 169 g/mol. The molecule has 0 amide bonds. The maximum Gasteiger partial charge on any atom is 0.144 e. The maximum atomic E-state index is 13.0. The van der Waals surface area contributed by atoms with Crippen molar-refractivity contribution in [1.82, 2.24) is 0 Å². The van der Waals surface area contributed by atoms with Crippen molar-refractivity contribution >= 4 is 5.69 Å². The van der Waals surface area contributed by atoms with Gasteiger partial charge in [-0.15, -0.1) is 0 Å². The molecule has 66 valence electrons. The first kappa shape index (κ1) is 8.84. The number of rotatable bonds is 2. The Bertz CT molecular complexity index is 257. The van der Waals surface area contributed by atoms with Crippen LogP contribution in [0.15, 0.2) is 12.1 Å². The third kappa shape index (κ3) is 1.49. The lowest BCUT2D eigenvalue weighted by Gasteiger charge is -2.08. The predicted octanol–water partition coefficient (Wildman–Crippen LogP) is 2.18. The number of anilines is 1. The van der Waals surface area contributed by atoms with E-state index in [1.807, 2.05) is 0 Å². The average molecular weight is 169 g/mol. The van der Waals surface area contributed by atoms with E-state index in [9.17, 15) is 4.39 Å². The van der Waals surface area contributed by atoms with Crippen molar-refractivity contribution in [2.75, 3.05) is 19.5 Å². The van der Waals surface area contributed by atoms with Crippen molar-refractivity contribution in [3.63, 3.8) is 0 Å². The molecule has 0 aliphatic carbocycles. The van der Waals surface area contributed by atoms with Crippen LogP contribution in [0.2, 0.25) is 0 Å². The van der Waals surface area contributed by atoms with Gasteiger partial charge in [-0.05, 0) is 18.6 Å². The van der Waals surface area contributed by atoms with Crippen LogP contribution in [-0.2, 0) is 0 Å². The standard InChI is InChI=1S/C9H12FNO/c1-6-4-8(11-2)9(12-3)5-7(6)10/h4-5,11H,1-3H3. The van der Waals surface area contributed by atoms with E-state index in [1.54, 1.807) is 20.0 Å². The number of benzene rings is 1. The lowest BCUT2D eigenvalue weighted by molar-refractivity contribution is 0.413. The molecular formula is C9H12FNO. The summed E-state index contributed by atoms with van der Waals surface area (Å²) in [5.41, 5.74) is 1.41. The third-order valence-electron chi connectivity index (χ3n) is 1.75. The fraction of sp³-hybridized carbons (Fsp3) is 0.333. The molecule has 0 aliphatic rings. The van der Waals surface area contributed by atoms with Gasteiger partial charge in [-0.25, -0.2) is 4.39 Å². The normalized spacial score (nSPS) is 9.67. The molecule has 0 spiro atoms. The topological polar surface area (TPSA) is 21.3 Å². The van der Waals surface area contributed by atoms with E-state index in [0.29, 0.717) is 11.3 Å². The van der Waals surface area contributed by atoms with E-state index in [2.05, 4.69) is 5.32 Å². The molecule has 0 bridgehead atoms. The maximum absolute atomic E-state index is 13.0. The van der Waals surface area contributed by atoms with E-state index in [1.165, 1.54) is 13.2 Å². The summed E-state index contributed by atoms with van der Waals surface area (Å²) in [6, 6.07) is 3.09. The number of hydrogen-bond acceptors (Lipinski definition) is 2. The van der Waals surface area contributed by atoms with Gasteiger partial charge in [-0.2, -0.15) is 0 Å². The van der Waals surface area contributed by atoms with Crippen LogP contribution >= 0.6 is 0 Å². The fourth-order valence-corrected chi connectivity index (χ4v) is 1.03. The summed E-state index contributed by atoms with van der Waals surface area (Å²) in [4.78, 5) is 0. The molecule has 0 heterocycles. The minimum Gasteiger partial charge on any atom is -0.494 e. The van der Waals surface area contributed by atoms with Gasteiger partial charge in [0.05, 0.1) is 12.8 Å². The van der Waals surface area contributed by atoms with Gasteiger partial charge in [-0.3, -0.25) is 0 Å². The van der Waals surface area contributed by atoms with Crippen molar-refractivity contribution in [1.29, 1.82) is 0 Å². The number of nitrogens with one attached hydrogen (secondary N) is 1. The highest BCUT2D eigenvalue weighted by Gasteiger charge is 2.05. The Labute approximate surface area is 71.4 Å². The molecule has 0 aromatic heterocycles. The molecule has 1 N–H and O–H groups in total. The van der Waals surface area contributed by atoms with Crippen molar-refractivity contribution in [2.45, 2.75) is 6.92 Å². The summed E-state index contributed by atoms with van der Waals surface area (Å²) < 4.78 is 17.9.